The summed E-state index contributed by atoms with van der Waals surface area (Å²) in [6.07, 6.45) is 2.62. The molecule has 0 bridgehead atoms. The Bertz CT molecular complexity index is 1630. The lowest BCUT2D eigenvalue weighted by Crippen LogP contribution is -2.35. The number of nitrogens with zero attached hydrogens (tertiary/aromatic N) is 3. The molecule has 4 heterocycles. The molecule has 7 rings (SSSR count). The van der Waals surface area contributed by atoms with Crippen molar-refractivity contribution in [3.63, 3.8) is 0 Å². The number of aromatic nitrogens is 2. The number of imidazole rings is 1. The maximum absolute atomic E-state index is 14.9. The Morgan fingerprint density at radius 3 is 2.60 bits per heavy atom. The third-order valence-electron chi connectivity index (χ3n) is 8.60. The van der Waals surface area contributed by atoms with E-state index in [1.807, 2.05) is 41.0 Å². The van der Waals surface area contributed by atoms with E-state index in [0.717, 1.165) is 61.3 Å². The summed E-state index contributed by atoms with van der Waals surface area (Å²) in [7, 11) is 0. The molecule has 0 spiro atoms. The average Bonchev–Trinajstić information content (AvgIpc) is 3.32. The molecule has 0 aliphatic carbocycles. The number of benzene rings is 3. The van der Waals surface area contributed by atoms with Gasteiger partial charge in [-0.05, 0) is 74.2 Å². The highest BCUT2D eigenvalue weighted by Gasteiger charge is 2.31. The molecule has 42 heavy (non-hydrogen) atoms. The van der Waals surface area contributed by atoms with Crippen LogP contribution in [0.25, 0.3) is 11.0 Å². The van der Waals surface area contributed by atoms with Crippen LogP contribution in [0.1, 0.15) is 58.6 Å². The van der Waals surface area contributed by atoms with Gasteiger partial charge in [0.05, 0.1) is 30.3 Å². The SMILES string of the molecule is O=C(O)c1cc(F)c2nc(CN3CCC(c4cccc5c4OC[C@@H](c4ccc(Cl)cc4)O5)CC3)n(C[C@@H]3CCO3)c2c1. The first-order valence-corrected chi connectivity index (χ1v) is 14.7. The van der Waals surface area contributed by atoms with Gasteiger partial charge in [0.2, 0.25) is 0 Å². The van der Waals surface area contributed by atoms with Crippen molar-refractivity contribution in [2.45, 2.75) is 50.5 Å². The second-order valence-corrected chi connectivity index (χ2v) is 11.7. The molecule has 2 fully saturated rings. The van der Waals surface area contributed by atoms with Crippen LogP contribution in [-0.2, 0) is 17.8 Å². The van der Waals surface area contributed by atoms with E-state index in [1.54, 1.807) is 0 Å². The highest BCUT2D eigenvalue weighted by atomic mass is 35.5. The minimum Gasteiger partial charge on any atom is -0.485 e. The fraction of sp³-hybridized carbons (Fsp3) is 0.375. The molecule has 10 heteroatoms. The summed E-state index contributed by atoms with van der Waals surface area (Å²) in [5.74, 6) is 0.855. The van der Waals surface area contributed by atoms with E-state index in [2.05, 4.69) is 16.0 Å². The quantitative estimate of drug-likeness (QED) is 0.273. The zero-order valence-corrected chi connectivity index (χ0v) is 23.7. The minimum atomic E-state index is -1.16. The largest absolute Gasteiger partial charge is 0.485 e. The van der Waals surface area contributed by atoms with Crippen LogP contribution in [0.4, 0.5) is 4.39 Å². The molecule has 1 N–H and O–H groups in total. The van der Waals surface area contributed by atoms with E-state index < -0.39 is 11.8 Å². The monoisotopic (exact) mass is 591 g/mol. The number of fused-ring (bicyclic) bond motifs is 2. The molecule has 0 amide bonds. The summed E-state index contributed by atoms with van der Waals surface area (Å²) < 4.78 is 35.1. The van der Waals surface area contributed by atoms with Crippen molar-refractivity contribution in [1.29, 1.82) is 0 Å². The molecule has 0 radical (unpaired) electrons. The number of carboxylic acid groups (broad SMARTS) is 1. The van der Waals surface area contributed by atoms with E-state index in [0.29, 0.717) is 42.8 Å². The van der Waals surface area contributed by atoms with E-state index in [9.17, 15) is 14.3 Å². The lowest BCUT2D eigenvalue weighted by molar-refractivity contribution is -0.0592. The maximum Gasteiger partial charge on any atom is 0.335 e. The number of likely N-dealkylation sites (tertiary alicyclic amines) is 1. The number of rotatable bonds is 7. The van der Waals surface area contributed by atoms with Gasteiger partial charge in [-0.1, -0.05) is 35.9 Å². The van der Waals surface area contributed by atoms with Crippen LogP contribution in [0.5, 0.6) is 11.5 Å². The number of carbonyl (C=O) groups is 1. The standard InChI is InChI=1S/C32H31ClFN3O5/c33-22-6-4-20(5-7-22)28-18-41-31-24(2-1-3-27(31)42-28)19-8-11-36(12-9-19)17-29-35-30-25(34)14-21(32(38)39)15-26(30)37(29)16-23-10-13-40-23/h1-7,14-15,19,23,28H,8-13,16-18H2,(H,38,39)/t23-,28-/m0/s1. The smallest absolute Gasteiger partial charge is 0.335 e. The minimum absolute atomic E-state index is 0.0224. The van der Waals surface area contributed by atoms with Crippen LogP contribution < -0.4 is 9.47 Å². The predicted octanol–water partition coefficient (Wildman–Crippen LogP) is 6.21. The van der Waals surface area contributed by atoms with Crippen LogP contribution in [0.2, 0.25) is 5.02 Å². The van der Waals surface area contributed by atoms with Crippen molar-refractivity contribution in [3.8, 4) is 11.5 Å². The van der Waals surface area contributed by atoms with E-state index in [-0.39, 0.29) is 23.3 Å². The number of hydrogen-bond acceptors (Lipinski definition) is 6. The summed E-state index contributed by atoms with van der Waals surface area (Å²) in [6, 6.07) is 16.3. The molecule has 3 aliphatic heterocycles. The molecule has 2 atom stereocenters. The van der Waals surface area contributed by atoms with Gasteiger partial charge in [0.1, 0.15) is 17.9 Å². The van der Waals surface area contributed by atoms with Gasteiger partial charge in [-0.3, -0.25) is 4.90 Å². The summed E-state index contributed by atoms with van der Waals surface area (Å²) in [5, 5.41) is 10.2. The number of hydrogen-bond donors (Lipinski definition) is 1. The Labute approximate surface area is 247 Å². The normalized spacial score (nSPS) is 20.9. The molecule has 8 nitrogen and oxygen atoms in total. The number of ether oxygens (including phenoxy) is 3. The fourth-order valence-electron chi connectivity index (χ4n) is 6.20. The molecule has 218 valence electrons. The van der Waals surface area contributed by atoms with Gasteiger partial charge in [0, 0.05) is 17.2 Å². The Morgan fingerprint density at radius 1 is 1.10 bits per heavy atom. The van der Waals surface area contributed by atoms with Crippen molar-refractivity contribution >= 4 is 28.6 Å². The van der Waals surface area contributed by atoms with E-state index in [1.165, 1.54) is 11.6 Å². The lowest BCUT2D eigenvalue weighted by atomic mass is 9.88. The van der Waals surface area contributed by atoms with Crippen molar-refractivity contribution in [2.24, 2.45) is 0 Å². The predicted molar refractivity (Wildman–Crippen MR) is 155 cm³/mol. The Hall–Kier alpha value is -3.66. The van der Waals surface area contributed by atoms with E-state index >= 15 is 0 Å². The van der Waals surface area contributed by atoms with Gasteiger partial charge in [0.15, 0.2) is 23.4 Å². The number of carboxylic acids is 1. The molecule has 3 aromatic carbocycles. The average molecular weight is 592 g/mol. The zero-order valence-electron chi connectivity index (χ0n) is 23.0. The topological polar surface area (TPSA) is 86.0 Å². The molecular weight excluding hydrogens is 561 g/mol. The van der Waals surface area contributed by atoms with Crippen molar-refractivity contribution in [1.82, 2.24) is 14.5 Å². The maximum atomic E-state index is 14.9. The van der Waals surface area contributed by atoms with Crippen LogP contribution in [-0.4, -0.2) is 57.9 Å². The molecular formula is C32H31ClFN3O5. The summed E-state index contributed by atoms with van der Waals surface area (Å²) in [6.45, 7) is 3.89. The molecule has 2 saturated heterocycles. The molecule has 4 aromatic rings. The highest BCUT2D eigenvalue weighted by molar-refractivity contribution is 6.30. The molecule has 1 aromatic heterocycles. The first-order valence-electron chi connectivity index (χ1n) is 14.4. The highest BCUT2D eigenvalue weighted by Crippen LogP contribution is 2.44. The first-order chi connectivity index (χ1) is 20.4. The number of aromatic carboxylic acids is 1. The van der Waals surface area contributed by atoms with E-state index in [4.69, 9.17) is 25.8 Å². The number of halogens is 2. The third kappa shape index (κ3) is 5.21. The summed E-state index contributed by atoms with van der Waals surface area (Å²) in [4.78, 5) is 18.6. The van der Waals surface area contributed by atoms with Gasteiger partial charge in [-0.2, -0.15) is 0 Å². The van der Waals surface area contributed by atoms with Crippen LogP contribution in [0, 0.1) is 5.82 Å². The Balaban J connectivity index is 1.06. The number of para-hydroxylation sites is 1. The van der Waals surface area contributed by atoms with Gasteiger partial charge in [0.25, 0.3) is 0 Å². The molecule has 0 unspecified atom stereocenters. The van der Waals surface area contributed by atoms with Gasteiger partial charge in [-0.15, -0.1) is 0 Å². The van der Waals surface area contributed by atoms with Gasteiger partial charge >= 0.3 is 5.97 Å². The zero-order chi connectivity index (χ0) is 28.8. The van der Waals surface area contributed by atoms with Crippen LogP contribution in [0.3, 0.4) is 0 Å². The Kier molecular flexibility index (Phi) is 7.25. The van der Waals surface area contributed by atoms with Crippen LogP contribution >= 0.6 is 11.6 Å². The third-order valence-corrected chi connectivity index (χ3v) is 8.86. The summed E-state index contributed by atoms with van der Waals surface area (Å²) >= 11 is 6.05. The van der Waals surface area contributed by atoms with Crippen LogP contribution in [0.15, 0.2) is 54.6 Å². The van der Waals surface area contributed by atoms with Gasteiger partial charge in [-0.25, -0.2) is 14.2 Å². The molecule has 3 aliphatic rings. The second-order valence-electron chi connectivity index (χ2n) is 11.2. The summed E-state index contributed by atoms with van der Waals surface area (Å²) in [5.41, 5.74) is 2.81. The lowest BCUT2D eigenvalue weighted by Gasteiger charge is -2.35. The van der Waals surface area contributed by atoms with Crippen molar-refractivity contribution in [3.05, 3.63) is 88.0 Å². The second kappa shape index (κ2) is 11.2. The fourth-order valence-corrected chi connectivity index (χ4v) is 6.33. The van der Waals surface area contributed by atoms with Gasteiger partial charge < -0.3 is 23.9 Å². The van der Waals surface area contributed by atoms with Crippen molar-refractivity contribution in [2.75, 3.05) is 26.3 Å². The van der Waals surface area contributed by atoms with Crippen molar-refractivity contribution < 1.29 is 28.5 Å². The Morgan fingerprint density at radius 2 is 1.88 bits per heavy atom. The molecule has 0 saturated carbocycles. The number of piperidine rings is 1. The first kappa shape index (κ1) is 27.2.